The molecule has 0 aliphatic rings. The first-order chi connectivity index (χ1) is 18.2. The van der Waals surface area contributed by atoms with Crippen LogP contribution in [0.25, 0.3) is 11.1 Å². The topological polar surface area (TPSA) is 228 Å². The standard InChI is InChI=1S/C13H12.C12H26N10O3/c1-11-7-9-13(10-8-11)12-5-3-2-4-6-12;13-11(14)18-6-2-1-5-17-10(25)7-19-8(23)3-4-9(24)20-12(21-15)22-16/h2-10H,1H3;1-7,15-16H2,(H,17,25)(H,19,23)(H4,13,14,18)(H2,20,21,22,24). The van der Waals surface area contributed by atoms with Gasteiger partial charge in [0.15, 0.2) is 5.96 Å². The zero-order valence-corrected chi connectivity index (χ0v) is 21.6. The van der Waals surface area contributed by atoms with Crippen molar-refractivity contribution in [2.45, 2.75) is 32.6 Å². The van der Waals surface area contributed by atoms with Crippen LogP contribution in [0.4, 0.5) is 0 Å². The minimum atomic E-state index is -0.498. The maximum absolute atomic E-state index is 11.6. The Kier molecular flexibility index (Phi) is 15.4. The monoisotopic (exact) mass is 526 g/mol. The number of aryl methyl sites for hydroxylation is 1. The van der Waals surface area contributed by atoms with Gasteiger partial charge in [-0.1, -0.05) is 60.2 Å². The van der Waals surface area contributed by atoms with Crippen molar-refractivity contribution in [2.75, 3.05) is 19.6 Å². The van der Waals surface area contributed by atoms with Gasteiger partial charge < -0.3 is 27.9 Å². The second-order valence-electron chi connectivity index (χ2n) is 8.04. The zero-order valence-electron chi connectivity index (χ0n) is 21.6. The van der Waals surface area contributed by atoms with Crippen molar-refractivity contribution in [1.29, 1.82) is 0 Å². The smallest absolute Gasteiger partial charge is 0.239 e. The van der Waals surface area contributed by atoms with E-state index in [4.69, 9.17) is 23.2 Å². The molecule has 38 heavy (non-hydrogen) atoms. The molecule has 0 heterocycles. The number of carbonyl (C=O) groups is 3. The Hall–Kier alpha value is -4.65. The first-order valence-corrected chi connectivity index (χ1v) is 12.0. The van der Waals surface area contributed by atoms with Crippen LogP contribution in [0, 0.1) is 6.92 Å². The molecule has 12 N–H and O–H groups in total. The van der Waals surface area contributed by atoms with Crippen LogP contribution < -0.4 is 44.5 Å². The number of hydrazine groups is 1. The number of amides is 3. The third-order valence-corrected chi connectivity index (χ3v) is 4.91. The van der Waals surface area contributed by atoms with Gasteiger partial charge in [0, 0.05) is 25.9 Å². The minimum Gasteiger partial charge on any atom is -0.370 e. The summed E-state index contributed by atoms with van der Waals surface area (Å²) in [5, 5.41) is 10.5. The number of carbonyl (C=O) groups excluding carboxylic acids is 3. The molecule has 0 aromatic heterocycles. The van der Waals surface area contributed by atoms with Crippen LogP contribution in [-0.2, 0) is 14.4 Å². The number of hydrazone groups is 1. The molecule has 2 aromatic carbocycles. The highest BCUT2D eigenvalue weighted by Crippen LogP contribution is 2.18. The van der Waals surface area contributed by atoms with Crippen molar-refractivity contribution in [1.82, 2.24) is 21.4 Å². The highest BCUT2D eigenvalue weighted by molar-refractivity contribution is 5.97. The number of hydrogen-bond acceptors (Lipinski definition) is 7. The molecule has 0 aliphatic carbocycles. The molecule has 2 aromatic rings. The quantitative estimate of drug-likeness (QED) is 0.0625. The van der Waals surface area contributed by atoms with Crippen LogP contribution in [0.2, 0.25) is 0 Å². The molecule has 13 heteroatoms. The van der Waals surface area contributed by atoms with Gasteiger partial charge in [-0.3, -0.25) is 30.1 Å². The molecule has 0 spiro atoms. The van der Waals surface area contributed by atoms with Gasteiger partial charge in [0.25, 0.3) is 0 Å². The van der Waals surface area contributed by atoms with Crippen LogP contribution in [0.1, 0.15) is 31.2 Å². The Balaban J connectivity index is 0.000000457. The first kappa shape index (κ1) is 31.4. The third kappa shape index (κ3) is 14.7. The van der Waals surface area contributed by atoms with E-state index in [9.17, 15) is 14.4 Å². The molecule has 13 nitrogen and oxygen atoms in total. The predicted molar refractivity (Wildman–Crippen MR) is 149 cm³/mol. The Labute approximate surface area is 222 Å². The summed E-state index contributed by atoms with van der Waals surface area (Å²) in [6.45, 7) is 2.88. The summed E-state index contributed by atoms with van der Waals surface area (Å²) < 4.78 is 0. The molecule has 0 atom stereocenters. The van der Waals surface area contributed by atoms with Crippen molar-refractivity contribution >= 4 is 29.6 Å². The van der Waals surface area contributed by atoms with Gasteiger partial charge >= 0.3 is 0 Å². The lowest BCUT2D eigenvalue weighted by molar-refractivity contribution is -0.127. The number of guanidine groups is 2. The largest absolute Gasteiger partial charge is 0.370 e. The van der Waals surface area contributed by atoms with E-state index < -0.39 is 11.8 Å². The third-order valence-electron chi connectivity index (χ3n) is 4.91. The van der Waals surface area contributed by atoms with E-state index >= 15 is 0 Å². The SMILES string of the molecule is Cc1ccc(-c2ccccc2)cc1.N/N=C(\NN)NC(=O)CCC(=O)NCC(=O)NCCCCN=C(N)N. The van der Waals surface area contributed by atoms with E-state index in [1.165, 1.54) is 16.7 Å². The van der Waals surface area contributed by atoms with E-state index in [1.54, 1.807) is 0 Å². The van der Waals surface area contributed by atoms with Crippen LogP contribution in [0.3, 0.4) is 0 Å². The summed E-state index contributed by atoms with van der Waals surface area (Å²) in [6.07, 6.45) is 1.22. The van der Waals surface area contributed by atoms with Gasteiger partial charge in [-0.2, -0.15) is 0 Å². The summed E-state index contributed by atoms with van der Waals surface area (Å²) in [5.41, 5.74) is 16.3. The minimum absolute atomic E-state index is 0.0336. The predicted octanol–water partition coefficient (Wildman–Crippen LogP) is -0.476. The summed E-state index contributed by atoms with van der Waals surface area (Å²) in [4.78, 5) is 38.3. The molecule has 206 valence electrons. The summed E-state index contributed by atoms with van der Waals surface area (Å²) in [7, 11) is 0. The second-order valence-corrected chi connectivity index (χ2v) is 8.04. The molecule has 0 aliphatic heterocycles. The van der Waals surface area contributed by atoms with E-state index in [0.717, 1.165) is 6.42 Å². The molecule has 0 unspecified atom stereocenters. The lowest BCUT2D eigenvalue weighted by Gasteiger charge is -2.08. The fourth-order valence-electron chi connectivity index (χ4n) is 2.91. The highest BCUT2D eigenvalue weighted by atomic mass is 16.2. The molecule has 0 radical (unpaired) electrons. The van der Waals surface area contributed by atoms with E-state index in [1.807, 2.05) is 6.07 Å². The molecular formula is C25H38N10O3. The van der Waals surface area contributed by atoms with E-state index in [2.05, 4.69) is 86.9 Å². The maximum Gasteiger partial charge on any atom is 0.239 e. The molecule has 0 fully saturated rings. The molecule has 0 saturated heterocycles. The van der Waals surface area contributed by atoms with Crippen LogP contribution >= 0.6 is 0 Å². The Morgan fingerprint density at radius 3 is 2.05 bits per heavy atom. The number of nitrogens with two attached hydrogens (primary N) is 4. The first-order valence-electron chi connectivity index (χ1n) is 12.0. The van der Waals surface area contributed by atoms with Gasteiger partial charge in [0.1, 0.15) is 0 Å². The van der Waals surface area contributed by atoms with Crippen molar-refractivity contribution < 1.29 is 14.4 Å². The number of rotatable bonds is 11. The Bertz CT molecular complexity index is 1050. The van der Waals surface area contributed by atoms with Crippen molar-refractivity contribution in [3.05, 3.63) is 60.2 Å². The lowest BCUT2D eigenvalue weighted by Crippen LogP contribution is -2.45. The molecular weight excluding hydrogens is 488 g/mol. The summed E-state index contributed by atoms with van der Waals surface area (Å²) in [6, 6.07) is 19.0. The molecule has 3 amide bonds. The van der Waals surface area contributed by atoms with Crippen molar-refractivity contribution in [3.8, 4) is 11.1 Å². The van der Waals surface area contributed by atoms with Gasteiger partial charge in [-0.25, -0.2) is 5.84 Å². The van der Waals surface area contributed by atoms with Crippen LogP contribution in [0.5, 0.6) is 0 Å². The average molecular weight is 527 g/mol. The van der Waals surface area contributed by atoms with Crippen molar-refractivity contribution in [3.63, 3.8) is 0 Å². The van der Waals surface area contributed by atoms with E-state index in [0.29, 0.717) is 19.5 Å². The normalized spacial score (nSPS) is 10.3. The van der Waals surface area contributed by atoms with Gasteiger partial charge in [-0.05, 0) is 30.9 Å². The summed E-state index contributed by atoms with van der Waals surface area (Å²) >= 11 is 0. The molecule has 0 saturated carbocycles. The Morgan fingerprint density at radius 1 is 0.816 bits per heavy atom. The van der Waals surface area contributed by atoms with E-state index in [-0.39, 0.29) is 37.2 Å². The number of nitrogens with zero attached hydrogens (tertiary/aromatic N) is 2. The number of aliphatic imine (C=N–C) groups is 1. The number of benzene rings is 2. The number of unbranched alkanes of at least 4 members (excludes halogenated alkanes) is 1. The second kappa shape index (κ2) is 18.6. The average Bonchev–Trinajstić information content (AvgIpc) is 2.92. The molecule has 0 bridgehead atoms. The van der Waals surface area contributed by atoms with Gasteiger partial charge in [0.2, 0.25) is 23.7 Å². The van der Waals surface area contributed by atoms with Gasteiger partial charge in [-0.15, -0.1) is 5.10 Å². The zero-order chi connectivity index (χ0) is 28.2. The number of hydrogen-bond donors (Lipinski definition) is 8. The summed E-state index contributed by atoms with van der Waals surface area (Å²) in [5.74, 6) is 8.62. The maximum atomic E-state index is 11.6. The fraction of sp³-hybridized carbons (Fsp3) is 0.320. The number of nitrogens with one attached hydrogen (secondary N) is 4. The Morgan fingerprint density at radius 2 is 1.45 bits per heavy atom. The molecule has 2 rings (SSSR count). The van der Waals surface area contributed by atoms with Crippen molar-refractivity contribution in [2.24, 2.45) is 33.2 Å². The fourth-order valence-corrected chi connectivity index (χ4v) is 2.91. The van der Waals surface area contributed by atoms with Crippen LogP contribution in [0.15, 0.2) is 64.7 Å². The highest BCUT2D eigenvalue weighted by Gasteiger charge is 2.10. The van der Waals surface area contributed by atoms with Crippen LogP contribution in [-0.4, -0.2) is 49.3 Å². The van der Waals surface area contributed by atoms with Gasteiger partial charge in [0.05, 0.1) is 6.54 Å². The lowest BCUT2D eigenvalue weighted by atomic mass is 10.0.